The molecule has 0 amide bonds. The van der Waals surface area contributed by atoms with E-state index in [4.69, 9.17) is 18.6 Å². The van der Waals surface area contributed by atoms with Crippen molar-refractivity contribution >= 4 is 43.1 Å². The molecule has 14 heteroatoms. The van der Waals surface area contributed by atoms with Gasteiger partial charge in [-0.3, -0.25) is 0 Å². The second-order valence-electron chi connectivity index (χ2n) is 10.0. The minimum atomic E-state index is -4.48. The van der Waals surface area contributed by atoms with Crippen LogP contribution in [-0.2, 0) is 26.8 Å². The number of hydrogen-bond donors (Lipinski definition) is 0. The third-order valence-electron chi connectivity index (χ3n) is 7.08. The fraction of sp³-hybridized carbons (Fsp3) is 0.393. The van der Waals surface area contributed by atoms with E-state index in [2.05, 4.69) is 0 Å². The predicted molar refractivity (Wildman–Crippen MR) is 153 cm³/mol. The highest BCUT2D eigenvalue weighted by molar-refractivity contribution is 7.86. The average molecular weight is 622 g/mol. The molecule has 1 aliphatic heterocycles. The van der Waals surface area contributed by atoms with E-state index in [9.17, 15) is 25.9 Å². The van der Waals surface area contributed by atoms with Crippen LogP contribution in [0.5, 0.6) is 17.2 Å². The van der Waals surface area contributed by atoms with Crippen molar-refractivity contribution < 1.29 is 49.1 Å². The van der Waals surface area contributed by atoms with Crippen LogP contribution in [0.1, 0.15) is 39.5 Å². The Hall–Kier alpha value is -3.59. The predicted octanol–water partition coefficient (Wildman–Crippen LogP) is 3.53. The molecule has 4 rings (SSSR count). The second-order valence-corrected chi connectivity index (χ2v) is 13.6. The Morgan fingerprint density at radius 2 is 1.62 bits per heavy atom. The van der Waals surface area contributed by atoms with Gasteiger partial charge >= 0.3 is 5.89 Å². The van der Waals surface area contributed by atoms with Gasteiger partial charge in [-0.25, -0.2) is 16.8 Å². The molecule has 42 heavy (non-hydrogen) atoms. The summed E-state index contributed by atoms with van der Waals surface area (Å²) >= 11 is 0. The molecule has 0 aliphatic carbocycles. The first kappa shape index (κ1) is 31.3. The first-order valence-electron chi connectivity index (χ1n) is 13.1. The van der Waals surface area contributed by atoms with Crippen molar-refractivity contribution in [1.29, 1.82) is 0 Å². The summed E-state index contributed by atoms with van der Waals surface area (Å²) in [5.41, 5.74) is 2.61. The fourth-order valence-electron chi connectivity index (χ4n) is 4.50. The van der Waals surface area contributed by atoms with Gasteiger partial charge in [0, 0.05) is 42.5 Å². The lowest BCUT2D eigenvalue weighted by Crippen LogP contribution is -2.37. The highest BCUT2D eigenvalue weighted by Gasteiger charge is 2.30. The molecule has 0 saturated heterocycles. The summed E-state index contributed by atoms with van der Waals surface area (Å²) < 4.78 is 93.9. The van der Waals surface area contributed by atoms with Gasteiger partial charge in [0.1, 0.15) is 0 Å². The van der Waals surface area contributed by atoms with Crippen LogP contribution in [0.15, 0.2) is 58.3 Å². The monoisotopic (exact) mass is 621 g/mol. The zero-order valence-electron chi connectivity index (χ0n) is 23.9. The minimum absolute atomic E-state index is 0.0491. The number of ether oxygens (including phenoxy) is 3. The van der Waals surface area contributed by atoms with E-state index in [1.54, 1.807) is 39.8 Å². The third kappa shape index (κ3) is 6.89. The van der Waals surface area contributed by atoms with Gasteiger partial charge in [0.2, 0.25) is 11.5 Å². The van der Waals surface area contributed by atoms with Crippen molar-refractivity contribution in [3.05, 3.63) is 59.8 Å². The van der Waals surface area contributed by atoms with Crippen LogP contribution in [0.4, 0.5) is 5.69 Å². The van der Waals surface area contributed by atoms with Crippen molar-refractivity contribution in [1.82, 2.24) is 0 Å². The van der Waals surface area contributed by atoms with Gasteiger partial charge in [0.05, 0.1) is 51.5 Å². The molecule has 0 N–H and O–H groups in total. The number of aryl methyl sites for hydroxylation is 1. The van der Waals surface area contributed by atoms with Crippen LogP contribution in [-0.4, -0.2) is 57.2 Å². The Kier molecular flexibility index (Phi) is 9.21. The molecule has 0 fully saturated rings. The quantitative estimate of drug-likeness (QED) is 0.215. The van der Waals surface area contributed by atoms with E-state index in [0.717, 1.165) is 5.52 Å². The minimum Gasteiger partial charge on any atom is -0.748 e. The topological polar surface area (TPSA) is 162 Å². The average Bonchev–Trinajstić information content (AvgIpc) is 3.44. The largest absolute Gasteiger partial charge is 0.748 e. The van der Waals surface area contributed by atoms with E-state index in [-0.39, 0.29) is 25.9 Å². The molecule has 1 aliphatic rings. The highest BCUT2D eigenvalue weighted by Crippen LogP contribution is 2.46. The number of aromatic nitrogens is 1. The van der Waals surface area contributed by atoms with Crippen molar-refractivity contribution in [3.8, 4) is 17.2 Å². The number of para-hydroxylation sites is 2. The van der Waals surface area contributed by atoms with Crippen LogP contribution in [0.3, 0.4) is 0 Å². The first-order valence-corrected chi connectivity index (χ1v) is 16.1. The molecule has 3 aromatic rings. The number of methoxy groups -OCH3 is 2. The molecular weight excluding hydrogens is 588 g/mol. The lowest BCUT2D eigenvalue weighted by atomic mass is 10.2. The van der Waals surface area contributed by atoms with Crippen LogP contribution < -0.4 is 23.7 Å². The number of rotatable bonds is 12. The van der Waals surface area contributed by atoms with E-state index < -0.39 is 30.7 Å². The molecular formula is C28H33N2O10S2-. The lowest BCUT2D eigenvalue weighted by molar-refractivity contribution is -0.678. The van der Waals surface area contributed by atoms with Gasteiger partial charge in [0.15, 0.2) is 23.8 Å². The molecule has 2 aromatic carbocycles. The highest BCUT2D eigenvalue weighted by atomic mass is 32.2. The lowest BCUT2D eigenvalue weighted by Gasteiger charge is -2.22. The Balaban J connectivity index is 1.72. The molecule has 0 radical (unpaired) electrons. The van der Waals surface area contributed by atoms with Crippen molar-refractivity contribution in [3.63, 3.8) is 0 Å². The zero-order chi connectivity index (χ0) is 30.8. The standard InChI is InChI=1S/C28H34N2O10S2/c1-18(14-27-29(12-10-19(2)41(31,32)33)21-8-6-7-9-23(21)39-27)15-28-30(13-11-20(3)42(34,35)36)22-16-25(37-4)26(38-5)17-24(22)40-28/h6-9,14-17,19-20H,10-13H2,1-5H3,(H-,31,32,33,34,35,36)/p-1. The Bertz CT molecular complexity index is 1740. The number of benzene rings is 2. The summed E-state index contributed by atoms with van der Waals surface area (Å²) in [6.07, 6.45) is 3.63. The van der Waals surface area contributed by atoms with Crippen LogP contribution in [0, 0.1) is 0 Å². The molecule has 1 aromatic heterocycles. The number of oxazole rings is 1. The second kappa shape index (κ2) is 12.3. The summed E-state index contributed by atoms with van der Waals surface area (Å²) in [4.78, 5) is 1.75. The summed E-state index contributed by atoms with van der Waals surface area (Å²) in [5.74, 6) is 2.14. The number of anilines is 1. The molecule has 0 saturated carbocycles. The molecule has 228 valence electrons. The maximum atomic E-state index is 11.6. The van der Waals surface area contributed by atoms with E-state index in [0.29, 0.717) is 45.9 Å². The van der Waals surface area contributed by atoms with E-state index in [1.165, 1.54) is 28.1 Å². The smallest absolute Gasteiger partial charge is 0.374 e. The first-order chi connectivity index (χ1) is 19.7. The molecule has 0 spiro atoms. The van der Waals surface area contributed by atoms with Crippen LogP contribution in [0.25, 0.3) is 17.2 Å². The molecule has 2 heterocycles. The summed E-state index contributed by atoms with van der Waals surface area (Å²) in [7, 11) is -5.93. The van der Waals surface area contributed by atoms with Crippen LogP contribution in [0.2, 0.25) is 0 Å². The van der Waals surface area contributed by atoms with Crippen molar-refractivity contribution in [2.45, 2.75) is 50.7 Å². The molecule has 2 unspecified atom stereocenters. The van der Waals surface area contributed by atoms with Gasteiger partial charge in [-0.05, 0) is 38.8 Å². The summed E-state index contributed by atoms with van der Waals surface area (Å²) in [6, 6.07) is 10.6. The van der Waals surface area contributed by atoms with Gasteiger partial charge in [-0.1, -0.05) is 12.1 Å². The molecule has 0 bridgehead atoms. The maximum absolute atomic E-state index is 11.6. The third-order valence-corrected chi connectivity index (χ3v) is 9.52. The zero-order valence-corrected chi connectivity index (χ0v) is 25.5. The Morgan fingerprint density at radius 3 is 2.26 bits per heavy atom. The van der Waals surface area contributed by atoms with Crippen LogP contribution >= 0.6 is 0 Å². The Labute approximate surface area is 245 Å². The van der Waals surface area contributed by atoms with E-state index >= 15 is 0 Å². The molecule has 2 atom stereocenters. The van der Waals surface area contributed by atoms with Gasteiger partial charge in [-0.15, -0.1) is 0 Å². The van der Waals surface area contributed by atoms with Gasteiger partial charge in [0.25, 0.3) is 5.52 Å². The summed E-state index contributed by atoms with van der Waals surface area (Å²) in [6.45, 7) is 4.94. The van der Waals surface area contributed by atoms with Gasteiger partial charge < -0.3 is 32.6 Å². The van der Waals surface area contributed by atoms with E-state index in [1.807, 2.05) is 25.1 Å². The van der Waals surface area contributed by atoms with Crippen molar-refractivity contribution in [2.24, 2.45) is 0 Å². The van der Waals surface area contributed by atoms with Crippen molar-refractivity contribution in [2.75, 3.05) is 25.7 Å². The maximum Gasteiger partial charge on any atom is 0.374 e. The summed E-state index contributed by atoms with van der Waals surface area (Å²) in [5, 5.41) is -2.19. The normalized spacial score (nSPS) is 16.4. The Morgan fingerprint density at radius 1 is 1.00 bits per heavy atom. The number of hydrogen-bond acceptors (Lipinski definition) is 11. The van der Waals surface area contributed by atoms with Gasteiger partial charge in [-0.2, -0.15) is 4.57 Å². The fourth-order valence-corrected chi connectivity index (χ4v) is 5.29. The number of nitrogens with zero attached hydrogens (tertiary/aromatic N) is 2. The number of allylic oxidation sites excluding steroid dienone is 2. The molecule has 12 nitrogen and oxygen atoms in total. The SMILES string of the molecule is COc1cc2c(cc1OC)N(CCC(C)S(=O)(=O)[O-])C(=CC(C)=Cc1oc3ccccc3[n+]1CCC(C)S(=O)(=O)[O-])O2. The number of fused-ring (bicyclic) bond motifs is 2.